The minimum Gasteiger partial charge on any atom is -0.329 e. The molecule has 1 fully saturated rings. The molecule has 0 spiro atoms. The molecule has 1 aliphatic carbocycles. The number of hydrogen-bond donors (Lipinski definition) is 1. The van der Waals surface area contributed by atoms with Crippen molar-refractivity contribution in [2.75, 3.05) is 18.4 Å². The lowest BCUT2D eigenvalue weighted by atomic mass is 10.2. The predicted molar refractivity (Wildman–Crippen MR) is 127 cm³/mol. The Hall–Kier alpha value is -3.09. The molecular weight excluding hydrogens is 447 g/mol. The van der Waals surface area contributed by atoms with E-state index in [0.717, 1.165) is 24.1 Å². The van der Waals surface area contributed by atoms with Crippen LogP contribution >= 0.6 is 23.2 Å². The van der Waals surface area contributed by atoms with Gasteiger partial charge in [-0.15, -0.1) is 6.58 Å². The van der Waals surface area contributed by atoms with Crippen molar-refractivity contribution >= 4 is 41.0 Å². The number of benzene rings is 2. The van der Waals surface area contributed by atoms with Crippen LogP contribution in [-0.2, 0) is 9.59 Å². The van der Waals surface area contributed by atoms with Gasteiger partial charge in [-0.3, -0.25) is 19.5 Å². The maximum Gasteiger partial charge on any atom is 0.246 e. The van der Waals surface area contributed by atoms with Crippen LogP contribution in [0.15, 0.2) is 67.4 Å². The lowest BCUT2D eigenvalue weighted by Crippen LogP contribution is -2.39. The van der Waals surface area contributed by atoms with Gasteiger partial charge in [0.1, 0.15) is 6.54 Å². The van der Waals surface area contributed by atoms with Crippen LogP contribution in [-0.4, -0.2) is 39.4 Å². The number of halogens is 2. The number of amides is 2. The molecule has 32 heavy (non-hydrogen) atoms. The van der Waals surface area contributed by atoms with E-state index in [1.807, 2.05) is 30.5 Å². The Kier molecular flexibility index (Phi) is 6.63. The van der Waals surface area contributed by atoms with E-state index in [0.29, 0.717) is 28.2 Å². The van der Waals surface area contributed by atoms with E-state index in [4.69, 9.17) is 23.2 Å². The molecule has 164 valence electrons. The fourth-order valence-electron chi connectivity index (χ4n) is 3.37. The zero-order valence-corrected chi connectivity index (χ0v) is 18.8. The number of nitrogens with one attached hydrogen (secondary N) is 1. The van der Waals surface area contributed by atoms with Crippen molar-refractivity contribution in [3.63, 3.8) is 0 Å². The monoisotopic (exact) mass is 468 g/mol. The molecule has 1 N–H and O–H groups in total. The number of carbonyl (C=O) groups excluding carboxylic acids is 2. The summed E-state index contributed by atoms with van der Waals surface area (Å²) in [6, 6.07) is 14.5. The van der Waals surface area contributed by atoms with Crippen molar-refractivity contribution in [1.82, 2.24) is 14.5 Å². The molecule has 0 unspecified atom stereocenters. The first-order valence-electron chi connectivity index (χ1n) is 10.3. The van der Waals surface area contributed by atoms with E-state index >= 15 is 0 Å². The third-order valence-electron chi connectivity index (χ3n) is 5.11. The fourth-order valence-corrected chi connectivity index (χ4v) is 3.68. The Balaban J connectivity index is 1.62. The van der Waals surface area contributed by atoms with E-state index in [-0.39, 0.29) is 24.3 Å². The molecule has 1 aromatic heterocycles. The van der Waals surface area contributed by atoms with Gasteiger partial charge in [0.15, 0.2) is 0 Å². The van der Waals surface area contributed by atoms with Gasteiger partial charge < -0.3 is 4.90 Å². The lowest BCUT2D eigenvalue weighted by molar-refractivity contribution is -0.135. The third kappa shape index (κ3) is 5.21. The first-order chi connectivity index (χ1) is 15.4. The van der Waals surface area contributed by atoms with E-state index in [9.17, 15) is 9.59 Å². The van der Waals surface area contributed by atoms with Crippen molar-refractivity contribution in [3.05, 3.63) is 77.4 Å². The van der Waals surface area contributed by atoms with E-state index < -0.39 is 0 Å². The lowest BCUT2D eigenvalue weighted by Gasteiger charge is -2.20. The standard InChI is InChI=1S/C24H22Cl2N4O2/c1-2-12-29(23(32)17-6-7-17)15-22(31)28-24-27-21(16-8-10-18(25)11-9-16)14-30(24)20-5-3-4-19(26)13-20/h2-5,8-11,13-14,17H,1,6-7,12,15H2,(H,27,28,31). The Morgan fingerprint density at radius 1 is 1.16 bits per heavy atom. The molecule has 1 heterocycles. The Labute approximate surface area is 196 Å². The van der Waals surface area contributed by atoms with Gasteiger partial charge in [0, 0.05) is 40.0 Å². The molecule has 0 aliphatic heterocycles. The summed E-state index contributed by atoms with van der Waals surface area (Å²) in [6.07, 6.45) is 5.19. The second-order valence-corrected chi connectivity index (χ2v) is 8.51. The summed E-state index contributed by atoms with van der Waals surface area (Å²) in [5.74, 6) is 0.00446. The minimum absolute atomic E-state index is 0.0138. The highest BCUT2D eigenvalue weighted by Crippen LogP contribution is 2.31. The number of aromatic nitrogens is 2. The van der Waals surface area contributed by atoms with Crippen LogP contribution in [0, 0.1) is 5.92 Å². The van der Waals surface area contributed by atoms with Crippen LogP contribution in [0.5, 0.6) is 0 Å². The number of imidazole rings is 1. The largest absolute Gasteiger partial charge is 0.329 e. The van der Waals surface area contributed by atoms with Crippen molar-refractivity contribution in [2.24, 2.45) is 5.92 Å². The zero-order valence-electron chi connectivity index (χ0n) is 17.3. The number of hydrogen-bond acceptors (Lipinski definition) is 3. The second-order valence-electron chi connectivity index (χ2n) is 7.64. The molecule has 0 saturated heterocycles. The smallest absolute Gasteiger partial charge is 0.246 e. The molecule has 2 amide bonds. The van der Waals surface area contributed by atoms with Gasteiger partial charge in [-0.2, -0.15) is 0 Å². The molecule has 4 rings (SSSR count). The van der Waals surface area contributed by atoms with Crippen LogP contribution in [0.2, 0.25) is 10.0 Å². The van der Waals surface area contributed by atoms with Crippen molar-refractivity contribution in [2.45, 2.75) is 12.8 Å². The van der Waals surface area contributed by atoms with Gasteiger partial charge in [0.05, 0.1) is 5.69 Å². The molecule has 2 aromatic carbocycles. The maximum atomic E-state index is 12.8. The normalized spacial score (nSPS) is 12.9. The second kappa shape index (κ2) is 9.59. The van der Waals surface area contributed by atoms with Gasteiger partial charge in [0.2, 0.25) is 17.8 Å². The van der Waals surface area contributed by atoms with E-state index in [1.54, 1.807) is 34.9 Å². The predicted octanol–water partition coefficient (Wildman–Crippen LogP) is 5.21. The summed E-state index contributed by atoms with van der Waals surface area (Å²) < 4.78 is 1.76. The summed E-state index contributed by atoms with van der Waals surface area (Å²) >= 11 is 12.2. The Morgan fingerprint density at radius 2 is 1.91 bits per heavy atom. The summed E-state index contributed by atoms with van der Waals surface area (Å²) in [6.45, 7) is 3.95. The zero-order chi connectivity index (χ0) is 22.7. The maximum absolute atomic E-state index is 12.8. The fraction of sp³-hybridized carbons (Fsp3) is 0.208. The molecule has 1 saturated carbocycles. The topological polar surface area (TPSA) is 67.2 Å². The number of carbonyl (C=O) groups is 2. The van der Waals surface area contributed by atoms with Crippen LogP contribution in [0.4, 0.5) is 5.95 Å². The molecule has 3 aromatic rings. The number of anilines is 1. The summed E-state index contributed by atoms with van der Waals surface area (Å²) in [5, 5.41) is 4.04. The highest BCUT2D eigenvalue weighted by molar-refractivity contribution is 6.31. The molecule has 0 atom stereocenters. The molecule has 0 bridgehead atoms. The van der Waals surface area contributed by atoms with Crippen LogP contribution in [0.25, 0.3) is 16.9 Å². The minimum atomic E-state index is -0.336. The van der Waals surface area contributed by atoms with Gasteiger partial charge in [-0.25, -0.2) is 4.98 Å². The molecule has 8 heteroatoms. The molecule has 6 nitrogen and oxygen atoms in total. The third-order valence-corrected chi connectivity index (χ3v) is 5.59. The first kappa shape index (κ1) is 22.1. The molecule has 0 radical (unpaired) electrons. The molecular formula is C24H22Cl2N4O2. The first-order valence-corrected chi connectivity index (χ1v) is 11.0. The summed E-state index contributed by atoms with van der Waals surface area (Å²) in [5.41, 5.74) is 2.26. The van der Waals surface area contributed by atoms with Gasteiger partial charge >= 0.3 is 0 Å². The average Bonchev–Trinajstić information content (AvgIpc) is 3.54. The van der Waals surface area contributed by atoms with Gasteiger partial charge in [-0.1, -0.05) is 47.5 Å². The van der Waals surface area contributed by atoms with E-state index in [2.05, 4.69) is 16.9 Å². The summed E-state index contributed by atoms with van der Waals surface area (Å²) in [4.78, 5) is 31.5. The van der Waals surface area contributed by atoms with Crippen LogP contribution in [0.1, 0.15) is 12.8 Å². The van der Waals surface area contributed by atoms with E-state index in [1.165, 1.54) is 4.90 Å². The number of nitrogens with zero attached hydrogens (tertiary/aromatic N) is 3. The highest BCUT2D eigenvalue weighted by Gasteiger charge is 2.33. The SMILES string of the molecule is C=CCN(CC(=O)Nc1nc(-c2ccc(Cl)cc2)cn1-c1cccc(Cl)c1)C(=O)C1CC1. The van der Waals surface area contributed by atoms with Gasteiger partial charge in [0.25, 0.3) is 0 Å². The van der Waals surface area contributed by atoms with Crippen LogP contribution in [0.3, 0.4) is 0 Å². The van der Waals surface area contributed by atoms with Gasteiger partial charge in [-0.05, 0) is 43.2 Å². The quantitative estimate of drug-likeness (QED) is 0.461. The average molecular weight is 469 g/mol. The Bertz CT molecular complexity index is 1150. The van der Waals surface area contributed by atoms with Crippen molar-refractivity contribution < 1.29 is 9.59 Å². The van der Waals surface area contributed by atoms with Crippen LogP contribution < -0.4 is 5.32 Å². The highest BCUT2D eigenvalue weighted by atomic mass is 35.5. The Morgan fingerprint density at radius 3 is 2.56 bits per heavy atom. The van der Waals surface area contributed by atoms with Crippen molar-refractivity contribution in [3.8, 4) is 16.9 Å². The number of rotatable bonds is 8. The van der Waals surface area contributed by atoms with Crippen molar-refractivity contribution in [1.29, 1.82) is 0 Å². The summed E-state index contributed by atoms with van der Waals surface area (Å²) in [7, 11) is 0. The molecule has 1 aliphatic rings.